The number of carbonyl (C=O) groups is 1. The lowest BCUT2D eigenvalue weighted by molar-refractivity contribution is 0.0976. The average Bonchev–Trinajstić information content (AvgIpc) is 2.25. The Balaban J connectivity index is 2.95. The number of ketones is 1. The zero-order chi connectivity index (χ0) is 11.3. The molecule has 15 heavy (non-hydrogen) atoms. The van der Waals surface area contributed by atoms with Crippen LogP contribution in [0.4, 0.5) is 0 Å². The third-order valence-corrected chi connectivity index (χ3v) is 2.49. The van der Waals surface area contributed by atoms with E-state index in [4.69, 9.17) is 4.74 Å². The van der Waals surface area contributed by atoms with Gasteiger partial charge < -0.3 is 4.74 Å². The van der Waals surface area contributed by atoms with E-state index in [9.17, 15) is 4.79 Å². The molecule has 1 aromatic rings. The Bertz CT molecular complexity index is 342. The first kappa shape index (κ1) is 11.8. The molecule has 0 radical (unpaired) electrons. The molecule has 0 bridgehead atoms. The van der Waals surface area contributed by atoms with Crippen LogP contribution in [0.15, 0.2) is 18.2 Å². The molecule has 82 valence electrons. The molecule has 0 aliphatic heterocycles. The van der Waals surface area contributed by atoms with Gasteiger partial charge in [-0.1, -0.05) is 25.5 Å². The van der Waals surface area contributed by atoms with Crippen molar-refractivity contribution < 1.29 is 9.53 Å². The lowest BCUT2D eigenvalue weighted by Crippen LogP contribution is -2.04. The van der Waals surface area contributed by atoms with Gasteiger partial charge in [0, 0.05) is 6.42 Å². The summed E-state index contributed by atoms with van der Waals surface area (Å²) in [6.07, 6.45) is 2.59. The number of unbranched alkanes of at least 4 members (excludes halogenated alkanes) is 1. The molecule has 0 aromatic heterocycles. The van der Waals surface area contributed by atoms with Crippen molar-refractivity contribution in [2.24, 2.45) is 0 Å². The van der Waals surface area contributed by atoms with Gasteiger partial charge in [0.1, 0.15) is 5.75 Å². The van der Waals surface area contributed by atoms with E-state index in [1.807, 2.05) is 25.1 Å². The van der Waals surface area contributed by atoms with Crippen molar-refractivity contribution in [1.82, 2.24) is 0 Å². The highest BCUT2D eigenvalue weighted by molar-refractivity contribution is 6.00. The van der Waals surface area contributed by atoms with Gasteiger partial charge in [-0.2, -0.15) is 0 Å². The van der Waals surface area contributed by atoms with Crippen molar-refractivity contribution in [3.05, 3.63) is 29.3 Å². The number of methoxy groups -OCH3 is 1. The minimum absolute atomic E-state index is 0.187. The van der Waals surface area contributed by atoms with Crippen LogP contribution in [0.3, 0.4) is 0 Å². The van der Waals surface area contributed by atoms with E-state index in [2.05, 4.69) is 6.92 Å². The number of rotatable bonds is 5. The first-order valence-corrected chi connectivity index (χ1v) is 5.37. The molecule has 0 atom stereocenters. The topological polar surface area (TPSA) is 26.3 Å². The second-order valence-corrected chi connectivity index (χ2v) is 3.68. The van der Waals surface area contributed by atoms with Crippen LogP contribution in [-0.4, -0.2) is 12.9 Å². The van der Waals surface area contributed by atoms with Crippen molar-refractivity contribution in [2.75, 3.05) is 7.11 Å². The fourth-order valence-electron chi connectivity index (χ4n) is 1.63. The second-order valence-electron chi connectivity index (χ2n) is 3.68. The van der Waals surface area contributed by atoms with Gasteiger partial charge in [0.05, 0.1) is 12.7 Å². The lowest BCUT2D eigenvalue weighted by atomic mass is 10.00. The quantitative estimate of drug-likeness (QED) is 0.690. The van der Waals surface area contributed by atoms with E-state index in [1.165, 1.54) is 0 Å². The van der Waals surface area contributed by atoms with Gasteiger partial charge in [0.15, 0.2) is 5.78 Å². The van der Waals surface area contributed by atoms with E-state index in [-0.39, 0.29) is 5.78 Å². The van der Waals surface area contributed by atoms with Gasteiger partial charge >= 0.3 is 0 Å². The van der Waals surface area contributed by atoms with Crippen molar-refractivity contribution in [3.8, 4) is 5.75 Å². The first-order valence-electron chi connectivity index (χ1n) is 5.37. The maximum Gasteiger partial charge on any atom is 0.166 e. The Morgan fingerprint density at radius 2 is 2.13 bits per heavy atom. The van der Waals surface area contributed by atoms with Gasteiger partial charge in [-0.3, -0.25) is 4.79 Å². The molecule has 0 heterocycles. The smallest absolute Gasteiger partial charge is 0.166 e. The van der Waals surface area contributed by atoms with E-state index in [0.717, 1.165) is 24.0 Å². The molecule has 0 aliphatic rings. The normalized spacial score (nSPS) is 10.1. The number of aryl methyl sites for hydroxylation is 1. The Morgan fingerprint density at radius 1 is 1.40 bits per heavy atom. The van der Waals surface area contributed by atoms with Crippen molar-refractivity contribution in [2.45, 2.75) is 33.1 Å². The van der Waals surface area contributed by atoms with Crippen LogP contribution in [0.25, 0.3) is 0 Å². The van der Waals surface area contributed by atoms with Crippen LogP contribution in [0.5, 0.6) is 5.75 Å². The maximum atomic E-state index is 11.9. The van der Waals surface area contributed by atoms with E-state index in [1.54, 1.807) is 7.11 Å². The third kappa shape index (κ3) is 2.82. The standard InChI is InChI=1S/C13H18O2/c1-4-5-8-11(14)13-10(2)7-6-9-12(13)15-3/h6-7,9H,4-5,8H2,1-3H3. The van der Waals surface area contributed by atoms with Crippen molar-refractivity contribution in [1.29, 1.82) is 0 Å². The molecular formula is C13H18O2. The SMILES string of the molecule is CCCCC(=O)c1c(C)cccc1OC. The van der Waals surface area contributed by atoms with E-state index < -0.39 is 0 Å². The molecule has 0 spiro atoms. The fraction of sp³-hybridized carbons (Fsp3) is 0.462. The number of carbonyl (C=O) groups excluding carboxylic acids is 1. The van der Waals surface area contributed by atoms with Crippen LogP contribution >= 0.6 is 0 Å². The zero-order valence-corrected chi connectivity index (χ0v) is 9.67. The number of hydrogen-bond acceptors (Lipinski definition) is 2. The Labute approximate surface area is 91.3 Å². The summed E-state index contributed by atoms with van der Waals surface area (Å²) in [5.41, 5.74) is 1.74. The predicted octanol–water partition coefficient (Wildman–Crippen LogP) is 3.38. The first-order chi connectivity index (χ1) is 7.20. The summed E-state index contributed by atoms with van der Waals surface area (Å²) in [6.45, 7) is 4.03. The van der Waals surface area contributed by atoms with Gasteiger partial charge in [-0.15, -0.1) is 0 Å². The minimum atomic E-state index is 0.187. The number of hydrogen-bond donors (Lipinski definition) is 0. The summed E-state index contributed by atoms with van der Waals surface area (Å²) in [5.74, 6) is 0.878. The molecule has 0 N–H and O–H groups in total. The molecule has 0 saturated heterocycles. The minimum Gasteiger partial charge on any atom is -0.496 e. The Morgan fingerprint density at radius 3 is 2.73 bits per heavy atom. The summed E-state index contributed by atoms with van der Waals surface area (Å²) >= 11 is 0. The van der Waals surface area contributed by atoms with Gasteiger partial charge in [-0.25, -0.2) is 0 Å². The Kier molecular flexibility index (Phi) is 4.35. The molecule has 1 aromatic carbocycles. The fourth-order valence-corrected chi connectivity index (χ4v) is 1.63. The van der Waals surface area contributed by atoms with Gasteiger partial charge in [0.25, 0.3) is 0 Å². The summed E-state index contributed by atoms with van der Waals surface area (Å²) < 4.78 is 5.21. The number of Topliss-reactive ketones (excluding diaryl/α,β-unsaturated/α-hetero) is 1. The maximum absolute atomic E-state index is 11.9. The molecule has 0 unspecified atom stereocenters. The van der Waals surface area contributed by atoms with Crippen LogP contribution in [0.1, 0.15) is 42.1 Å². The highest BCUT2D eigenvalue weighted by Crippen LogP contribution is 2.23. The van der Waals surface area contributed by atoms with Crippen molar-refractivity contribution >= 4 is 5.78 Å². The van der Waals surface area contributed by atoms with Crippen LogP contribution in [0.2, 0.25) is 0 Å². The predicted molar refractivity (Wildman–Crippen MR) is 61.6 cm³/mol. The van der Waals surface area contributed by atoms with E-state index >= 15 is 0 Å². The van der Waals surface area contributed by atoms with Crippen LogP contribution < -0.4 is 4.74 Å². The second kappa shape index (κ2) is 5.54. The van der Waals surface area contributed by atoms with Crippen LogP contribution in [-0.2, 0) is 0 Å². The van der Waals surface area contributed by atoms with Gasteiger partial charge in [-0.05, 0) is 25.0 Å². The number of ether oxygens (including phenoxy) is 1. The molecule has 1 rings (SSSR count). The lowest BCUT2D eigenvalue weighted by Gasteiger charge is -2.09. The highest BCUT2D eigenvalue weighted by Gasteiger charge is 2.13. The largest absolute Gasteiger partial charge is 0.496 e. The summed E-state index contributed by atoms with van der Waals surface area (Å²) in [6, 6.07) is 5.69. The average molecular weight is 206 g/mol. The molecular weight excluding hydrogens is 188 g/mol. The monoisotopic (exact) mass is 206 g/mol. The molecule has 0 saturated carbocycles. The summed E-state index contributed by atoms with van der Waals surface area (Å²) in [4.78, 5) is 11.9. The molecule has 2 nitrogen and oxygen atoms in total. The number of benzene rings is 1. The van der Waals surface area contributed by atoms with Gasteiger partial charge in [0.2, 0.25) is 0 Å². The Hall–Kier alpha value is -1.31. The van der Waals surface area contributed by atoms with Crippen LogP contribution in [0, 0.1) is 6.92 Å². The molecule has 0 fully saturated rings. The molecule has 2 heteroatoms. The van der Waals surface area contributed by atoms with Crippen molar-refractivity contribution in [3.63, 3.8) is 0 Å². The van der Waals surface area contributed by atoms with E-state index in [0.29, 0.717) is 12.2 Å². The third-order valence-electron chi connectivity index (χ3n) is 2.49. The molecule has 0 amide bonds. The summed E-state index contributed by atoms with van der Waals surface area (Å²) in [7, 11) is 1.60. The zero-order valence-electron chi connectivity index (χ0n) is 9.67. The summed E-state index contributed by atoms with van der Waals surface area (Å²) in [5, 5.41) is 0. The molecule has 0 aliphatic carbocycles. The highest BCUT2D eigenvalue weighted by atomic mass is 16.5.